The lowest BCUT2D eigenvalue weighted by Crippen LogP contribution is -2.52. The summed E-state index contributed by atoms with van der Waals surface area (Å²) in [7, 11) is 0. The zero-order valence-electron chi connectivity index (χ0n) is 9.73. The molecule has 82 valence electrons. The van der Waals surface area contributed by atoms with Crippen molar-refractivity contribution in [3.63, 3.8) is 0 Å². The maximum absolute atomic E-state index is 12.0. The molecule has 1 aliphatic rings. The predicted molar refractivity (Wildman–Crippen MR) is 59.3 cm³/mol. The summed E-state index contributed by atoms with van der Waals surface area (Å²) in [4.78, 5) is 12.0. The van der Waals surface area contributed by atoms with Gasteiger partial charge in [0.1, 0.15) is 0 Å². The van der Waals surface area contributed by atoms with E-state index in [0.29, 0.717) is 11.7 Å². The molecule has 0 spiro atoms. The van der Waals surface area contributed by atoms with Gasteiger partial charge in [-0.05, 0) is 38.6 Å². The van der Waals surface area contributed by atoms with Crippen LogP contribution < -0.4 is 5.32 Å². The normalized spacial score (nSPS) is 29.9. The van der Waals surface area contributed by atoms with E-state index in [1.807, 2.05) is 0 Å². The van der Waals surface area contributed by atoms with E-state index in [0.717, 1.165) is 25.8 Å². The van der Waals surface area contributed by atoms with Gasteiger partial charge in [0, 0.05) is 6.42 Å². The molecule has 0 aliphatic carbocycles. The van der Waals surface area contributed by atoms with Gasteiger partial charge in [0.15, 0.2) is 5.78 Å². The van der Waals surface area contributed by atoms with Crippen molar-refractivity contribution in [2.75, 3.05) is 6.54 Å². The molecule has 0 amide bonds. The topological polar surface area (TPSA) is 29.1 Å². The summed E-state index contributed by atoms with van der Waals surface area (Å²) in [6, 6.07) is 0. The summed E-state index contributed by atoms with van der Waals surface area (Å²) < 4.78 is 0. The van der Waals surface area contributed by atoms with E-state index in [4.69, 9.17) is 0 Å². The summed E-state index contributed by atoms with van der Waals surface area (Å²) in [5, 5.41) is 3.38. The highest BCUT2D eigenvalue weighted by Crippen LogP contribution is 2.23. The highest BCUT2D eigenvalue weighted by Gasteiger charge is 2.33. The molecule has 2 unspecified atom stereocenters. The lowest BCUT2D eigenvalue weighted by molar-refractivity contribution is -0.126. The van der Waals surface area contributed by atoms with E-state index in [1.165, 1.54) is 12.8 Å². The number of nitrogens with one attached hydrogen (secondary N) is 1. The van der Waals surface area contributed by atoms with Crippen molar-refractivity contribution in [3.05, 3.63) is 0 Å². The van der Waals surface area contributed by atoms with Gasteiger partial charge >= 0.3 is 0 Å². The lowest BCUT2D eigenvalue weighted by Gasteiger charge is -2.34. The minimum Gasteiger partial charge on any atom is -0.305 e. The van der Waals surface area contributed by atoms with Crippen LogP contribution in [0.3, 0.4) is 0 Å². The summed E-state index contributed by atoms with van der Waals surface area (Å²) in [6.07, 6.45) is 5.26. The maximum atomic E-state index is 12.0. The van der Waals surface area contributed by atoms with Crippen molar-refractivity contribution in [1.82, 2.24) is 5.32 Å². The van der Waals surface area contributed by atoms with Crippen molar-refractivity contribution in [2.24, 2.45) is 5.92 Å². The Kier molecular flexibility index (Phi) is 4.11. The Hall–Kier alpha value is -0.370. The molecule has 0 radical (unpaired) electrons. The highest BCUT2D eigenvalue weighted by atomic mass is 16.1. The van der Waals surface area contributed by atoms with Crippen LogP contribution in [0.1, 0.15) is 52.9 Å². The highest BCUT2D eigenvalue weighted by molar-refractivity contribution is 5.88. The van der Waals surface area contributed by atoms with Gasteiger partial charge in [-0.25, -0.2) is 0 Å². The van der Waals surface area contributed by atoms with Gasteiger partial charge in [0.2, 0.25) is 0 Å². The van der Waals surface area contributed by atoms with Gasteiger partial charge in [-0.1, -0.05) is 20.3 Å². The van der Waals surface area contributed by atoms with Crippen molar-refractivity contribution in [2.45, 2.75) is 58.4 Å². The van der Waals surface area contributed by atoms with Gasteiger partial charge < -0.3 is 5.32 Å². The van der Waals surface area contributed by atoms with E-state index in [1.54, 1.807) is 0 Å². The molecule has 2 heteroatoms. The predicted octanol–water partition coefficient (Wildman–Crippen LogP) is 2.52. The zero-order chi connectivity index (χ0) is 10.6. The molecular weight excluding hydrogens is 174 g/mol. The largest absolute Gasteiger partial charge is 0.305 e. The van der Waals surface area contributed by atoms with Gasteiger partial charge in [-0.15, -0.1) is 0 Å². The first kappa shape index (κ1) is 11.7. The Bertz CT molecular complexity index is 194. The first-order valence-corrected chi connectivity index (χ1v) is 5.87. The Morgan fingerprint density at radius 2 is 2.21 bits per heavy atom. The van der Waals surface area contributed by atoms with Crippen molar-refractivity contribution in [1.29, 1.82) is 0 Å². The summed E-state index contributed by atoms with van der Waals surface area (Å²) in [6.45, 7) is 7.37. The van der Waals surface area contributed by atoms with Gasteiger partial charge in [-0.3, -0.25) is 4.79 Å². The van der Waals surface area contributed by atoms with E-state index in [2.05, 4.69) is 26.1 Å². The van der Waals surface area contributed by atoms with E-state index < -0.39 is 0 Å². The van der Waals surface area contributed by atoms with Gasteiger partial charge in [0.25, 0.3) is 0 Å². The number of piperidine rings is 1. The number of hydrogen-bond acceptors (Lipinski definition) is 2. The molecule has 1 saturated heterocycles. The van der Waals surface area contributed by atoms with Crippen LogP contribution >= 0.6 is 0 Å². The van der Waals surface area contributed by atoms with Crippen LogP contribution in [0.4, 0.5) is 0 Å². The van der Waals surface area contributed by atoms with Crippen molar-refractivity contribution < 1.29 is 4.79 Å². The summed E-state index contributed by atoms with van der Waals surface area (Å²) >= 11 is 0. The summed E-state index contributed by atoms with van der Waals surface area (Å²) in [5.74, 6) is 0.939. The standard InChI is InChI=1S/C12H23NO/c1-4-10(2)9-11(14)12(3)7-5-6-8-13-12/h10,13H,4-9H2,1-3H3. The lowest BCUT2D eigenvalue weighted by atomic mass is 9.83. The minimum atomic E-state index is -0.221. The minimum absolute atomic E-state index is 0.221. The van der Waals surface area contributed by atoms with Crippen LogP contribution in [-0.4, -0.2) is 17.9 Å². The molecular formula is C12H23NO. The van der Waals surface area contributed by atoms with Crippen molar-refractivity contribution >= 4 is 5.78 Å². The van der Waals surface area contributed by atoms with Gasteiger partial charge in [-0.2, -0.15) is 0 Å². The van der Waals surface area contributed by atoms with E-state index in [9.17, 15) is 4.79 Å². The monoisotopic (exact) mass is 197 g/mol. The number of carbonyl (C=O) groups is 1. The molecule has 0 saturated carbocycles. The fourth-order valence-corrected chi connectivity index (χ4v) is 1.98. The zero-order valence-corrected chi connectivity index (χ0v) is 9.73. The van der Waals surface area contributed by atoms with Crippen LogP contribution in [0.2, 0.25) is 0 Å². The molecule has 1 N–H and O–H groups in total. The molecule has 1 heterocycles. The Balaban J connectivity index is 2.49. The first-order chi connectivity index (χ1) is 6.58. The molecule has 2 nitrogen and oxygen atoms in total. The summed E-state index contributed by atoms with van der Waals surface area (Å²) in [5.41, 5.74) is -0.221. The quantitative estimate of drug-likeness (QED) is 0.750. The Morgan fingerprint density at radius 1 is 1.50 bits per heavy atom. The number of carbonyl (C=O) groups excluding carboxylic acids is 1. The fourth-order valence-electron chi connectivity index (χ4n) is 1.98. The third-order valence-electron chi connectivity index (χ3n) is 3.46. The molecule has 14 heavy (non-hydrogen) atoms. The maximum Gasteiger partial charge on any atom is 0.152 e. The molecule has 0 bridgehead atoms. The molecule has 0 aromatic rings. The number of ketones is 1. The fraction of sp³-hybridized carbons (Fsp3) is 0.917. The van der Waals surface area contributed by atoms with Crippen LogP contribution in [0.5, 0.6) is 0 Å². The van der Waals surface area contributed by atoms with E-state index in [-0.39, 0.29) is 5.54 Å². The molecule has 1 fully saturated rings. The average Bonchev–Trinajstić information content (AvgIpc) is 2.18. The van der Waals surface area contributed by atoms with Crippen LogP contribution in [-0.2, 0) is 4.79 Å². The van der Waals surface area contributed by atoms with Crippen molar-refractivity contribution in [3.8, 4) is 0 Å². The Labute approximate surface area is 87.5 Å². The smallest absolute Gasteiger partial charge is 0.152 e. The van der Waals surface area contributed by atoms with E-state index >= 15 is 0 Å². The number of Topliss-reactive ketones (excluding diaryl/α,β-unsaturated/α-hetero) is 1. The van der Waals surface area contributed by atoms with Crippen LogP contribution in [0.15, 0.2) is 0 Å². The third-order valence-corrected chi connectivity index (χ3v) is 3.46. The van der Waals surface area contributed by atoms with Gasteiger partial charge in [0.05, 0.1) is 5.54 Å². The van der Waals surface area contributed by atoms with Crippen LogP contribution in [0.25, 0.3) is 0 Å². The Morgan fingerprint density at radius 3 is 2.71 bits per heavy atom. The first-order valence-electron chi connectivity index (χ1n) is 5.87. The number of rotatable bonds is 4. The molecule has 0 aromatic carbocycles. The average molecular weight is 197 g/mol. The second-order valence-electron chi connectivity index (χ2n) is 4.86. The SMILES string of the molecule is CCC(C)CC(=O)C1(C)CCCCN1. The van der Waals surface area contributed by atoms with Crippen LogP contribution in [0, 0.1) is 5.92 Å². The molecule has 1 rings (SSSR count). The number of hydrogen-bond donors (Lipinski definition) is 1. The molecule has 1 aliphatic heterocycles. The third kappa shape index (κ3) is 2.81. The molecule has 0 aromatic heterocycles. The second kappa shape index (κ2) is 4.92. The second-order valence-corrected chi connectivity index (χ2v) is 4.86. The molecule has 2 atom stereocenters.